The standard InChI is InChI=1S/C27H35N/c1-19(2)26(22(5)28-18-27(6,7)8)17-21(4)23-13-15-25(16-14-23)24-11-9-20(3)10-12-24/h9-16,26,28H,1,4-5,17-18H2,2-3,6-8H3. The predicted molar refractivity (Wildman–Crippen MR) is 125 cm³/mol. The van der Waals surface area contributed by atoms with Gasteiger partial charge >= 0.3 is 0 Å². The molecule has 0 amide bonds. The van der Waals surface area contributed by atoms with Crippen LogP contribution >= 0.6 is 0 Å². The maximum Gasteiger partial charge on any atom is 0.0225 e. The second-order valence-corrected chi connectivity index (χ2v) is 9.09. The molecule has 148 valence electrons. The molecule has 0 aromatic heterocycles. The summed E-state index contributed by atoms with van der Waals surface area (Å²) in [7, 11) is 0. The Labute approximate surface area is 171 Å². The normalized spacial score (nSPS) is 12.3. The summed E-state index contributed by atoms with van der Waals surface area (Å²) in [6, 6.07) is 17.3. The van der Waals surface area contributed by atoms with Crippen LogP contribution in [0.25, 0.3) is 16.7 Å². The van der Waals surface area contributed by atoms with E-state index in [9.17, 15) is 0 Å². The van der Waals surface area contributed by atoms with Gasteiger partial charge < -0.3 is 5.32 Å². The first kappa shape index (κ1) is 21.8. The Kier molecular flexibility index (Phi) is 7.07. The van der Waals surface area contributed by atoms with Gasteiger partial charge in [0.25, 0.3) is 0 Å². The van der Waals surface area contributed by atoms with Crippen LogP contribution in [0.15, 0.2) is 79.5 Å². The topological polar surface area (TPSA) is 12.0 Å². The Morgan fingerprint density at radius 1 is 0.893 bits per heavy atom. The van der Waals surface area contributed by atoms with Crippen molar-refractivity contribution in [3.8, 4) is 11.1 Å². The molecular formula is C27H35N. The Balaban J connectivity index is 2.08. The van der Waals surface area contributed by atoms with Gasteiger partial charge in [0.15, 0.2) is 0 Å². The van der Waals surface area contributed by atoms with Crippen molar-refractivity contribution in [2.75, 3.05) is 6.54 Å². The van der Waals surface area contributed by atoms with E-state index in [1.165, 1.54) is 22.3 Å². The Morgan fingerprint density at radius 3 is 1.86 bits per heavy atom. The van der Waals surface area contributed by atoms with E-state index in [0.29, 0.717) is 0 Å². The molecule has 1 atom stereocenters. The van der Waals surface area contributed by atoms with Gasteiger partial charge in [-0.15, -0.1) is 0 Å². The largest absolute Gasteiger partial charge is 0.388 e. The molecule has 0 spiro atoms. The molecule has 0 aliphatic heterocycles. The molecule has 2 rings (SSSR count). The number of allylic oxidation sites excluding steroid dienone is 2. The quantitative estimate of drug-likeness (QED) is 0.475. The highest BCUT2D eigenvalue weighted by atomic mass is 14.9. The fourth-order valence-electron chi connectivity index (χ4n) is 3.11. The molecule has 1 heteroatoms. The minimum Gasteiger partial charge on any atom is -0.388 e. The Bertz CT molecular complexity index is 829. The fourth-order valence-corrected chi connectivity index (χ4v) is 3.11. The van der Waals surface area contributed by atoms with Gasteiger partial charge in [0.05, 0.1) is 0 Å². The smallest absolute Gasteiger partial charge is 0.0225 e. The van der Waals surface area contributed by atoms with Crippen LogP contribution in [0.5, 0.6) is 0 Å². The SMILES string of the molecule is C=C(CC(C(=C)C)C(=C)NCC(C)(C)C)c1ccc(-c2ccc(C)cc2)cc1. The summed E-state index contributed by atoms with van der Waals surface area (Å²) in [6.07, 6.45) is 0.829. The number of aryl methyl sites for hydroxylation is 1. The molecule has 1 N–H and O–H groups in total. The zero-order valence-electron chi connectivity index (χ0n) is 18.2. The minimum absolute atomic E-state index is 0.187. The molecule has 28 heavy (non-hydrogen) atoms. The molecule has 1 unspecified atom stereocenters. The zero-order chi connectivity index (χ0) is 20.9. The first-order valence-electron chi connectivity index (χ1n) is 10.00. The van der Waals surface area contributed by atoms with Gasteiger partial charge in [0, 0.05) is 18.2 Å². The van der Waals surface area contributed by atoms with Crippen molar-refractivity contribution < 1.29 is 0 Å². The van der Waals surface area contributed by atoms with E-state index >= 15 is 0 Å². The fraction of sp³-hybridized carbons (Fsp3) is 0.333. The second kappa shape index (κ2) is 9.10. The summed E-state index contributed by atoms with van der Waals surface area (Å²) in [6.45, 7) is 24.5. The van der Waals surface area contributed by atoms with Crippen molar-refractivity contribution in [1.29, 1.82) is 0 Å². The van der Waals surface area contributed by atoms with Crippen LogP contribution < -0.4 is 5.32 Å². The molecule has 2 aromatic rings. The van der Waals surface area contributed by atoms with Crippen molar-refractivity contribution in [3.05, 3.63) is 90.7 Å². The van der Waals surface area contributed by atoms with Gasteiger partial charge in [0.2, 0.25) is 0 Å². The molecule has 0 aliphatic rings. The maximum absolute atomic E-state index is 4.34. The average Bonchev–Trinajstić information content (AvgIpc) is 2.64. The van der Waals surface area contributed by atoms with Crippen LogP contribution in [0.2, 0.25) is 0 Å². The van der Waals surface area contributed by atoms with Crippen LogP contribution in [-0.2, 0) is 0 Å². The number of nitrogens with one attached hydrogen (secondary N) is 1. The van der Waals surface area contributed by atoms with Gasteiger partial charge in [-0.3, -0.25) is 0 Å². The monoisotopic (exact) mass is 373 g/mol. The summed E-state index contributed by atoms with van der Waals surface area (Å²) in [5.74, 6) is 0.187. The molecule has 0 radical (unpaired) electrons. The highest BCUT2D eigenvalue weighted by Crippen LogP contribution is 2.30. The highest BCUT2D eigenvalue weighted by Gasteiger charge is 2.18. The third kappa shape index (κ3) is 6.27. The predicted octanol–water partition coefficient (Wildman–Crippen LogP) is 7.41. The number of hydrogen-bond donors (Lipinski definition) is 1. The summed E-state index contributed by atoms with van der Waals surface area (Å²) in [5.41, 5.74) is 8.38. The van der Waals surface area contributed by atoms with E-state index in [-0.39, 0.29) is 11.3 Å². The molecule has 0 saturated heterocycles. The Hall–Kier alpha value is -2.54. The molecule has 0 aliphatic carbocycles. The van der Waals surface area contributed by atoms with E-state index in [4.69, 9.17) is 0 Å². The molecule has 0 bridgehead atoms. The summed E-state index contributed by atoms with van der Waals surface area (Å²) in [5, 5.41) is 3.50. The van der Waals surface area contributed by atoms with E-state index < -0.39 is 0 Å². The lowest BCUT2D eigenvalue weighted by Crippen LogP contribution is -2.29. The second-order valence-electron chi connectivity index (χ2n) is 9.09. The molecule has 0 fully saturated rings. The minimum atomic E-state index is 0.187. The lowest BCUT2D eigenvalue weighted by atomic mass is 9.87. The van der Waals surface area contributed by atoms with Crippen LogP contribution in [0.3, 0.4) is 0 Å². The van der Waals surface area contributed by atoms with E-state index in [2.05, 4.69) is 108 Å². The van der Waals surface area contributed by atoms with Crippen LogP contribution in [0.4, 0.5) is 0 Å². The van der Waals surface area contributed by atoms with Crippen molar-refractivity contribution in [3.63, 3.8) is 0 Å². The summed E-state index contributed by atoms with van der Waals surface area (Å²) >= 11 is 0. The summed E-state index contributed by atoms with van der Waals surface area (Å²) in [4.78, 5) is 0. The van der Waals surface area contributed by atoms with E-state index in [0.717, 1.165) is 29.8 Å². The van der Waals surface area contributed by atoms with Crippen molar-refractivity contribution in [1.82, 2.24) is 5.32 Å². The molecule has 1 nitrogen and oxygen atoms in total. The van der Waals surface area contributed by atoms with Gasteiger partial charge in [-0.05, 0) is 47.9 Å². The molecular weight excluding hydrogens is 338 g/mol. The Morgan fingerprint density at radius 2 is 1.39 bits per heavy atom. The lowest BCUT2D eigenvalue weighted by Gasteiger charge is -2.26. The zero-order valence-corrected chi connectivity index (χ0v) is 18.2. The van der Waals surface area contributed by atoms with E-state index in [1.54, 1.807) is 0 Å². The average molecular weight is 374 g/mol. The van der Waals surface area contributed by atoms with Gasteiger partial charge in [-0.25, -0.2) is 0 Å². The first-order chi connectivity index (χ1) is 13.1. The number of rotatable bonds is 8. The van der Waals surface area contributed by atoms with Gasteiger partial charge in [-0.2, -0.15) is 0 Å². The van der Waals surface area contributed by atoms with Crippen LogP contribution in [0, 0.1) is 18.3 Å². The van der Waals surface area contributed by atoms with Crippen LogP contribution in [-0.4, -0.2) is 6.54 Å². The lowest BCUT2D eigenvalue weighted by molar-refractivity contribution is 0.389. The van der Waals surface area contributed by atoms with Crippen molar-refractivity contribution in [2.45, 2.75) is 41.0 Å². The molecule has 2 aromatic carbocycles. The summed E-state index contributed by atoms with van der Waals surface area (Å²) < 4.78 is 0. The number of benzene rings is 2. The third-order valence-corrected chi connectivity index (χ3v) is 4.99. The molecule has 0 heterocycles. The van der Waals surface area contributed by atoms with Crippen molar-refractivity contribution >= 4 is 5.57 Å². The van der Waals surface area contributed by atoms with Gasteiger partial charge in [-0.1, -0.05) is 100 Å². The van der Waals surface area contributed by atoms with Crippen molar-refractivity contribution in [2.24, 2.45) is 11.3 Å². The van der Waals surface area contributed by atoms with Gasteiger partial charge in [0.1, 0.15) is 0 Å². The highest BCUT2D eigenvalue weighted by molar-refractivity contribution is 5.70. The van der Waals surface area contributed by atoms with E-state index in [1.807, 2.05) is 0 Å². The maximum atomic E-state index is 4.34. The number of hydrogen-bond acceptors (Lipinski definition) is 1. The van der Waals surface area contributed by atoms with Crippen LogP contribution in [0.1, 0.15) is 45.2 Å². The molecule has 0 saturated carbocycles. The third-order valence-electron chi connectivity index (χ3n) is 4.99. The first-order valence-corrected chi connectivity index (χ1v) is 10.00.